The van der Waals surface area contributed by atoms with Gasteiger partial charge in [0.25, 0.3) is 0 Å². The molecule has 4 aromatic heterocycles. The van der Waals surface area contributed by atoms with Crippen LogP contribution in [0, 0.1) is 0 Å². The summed E-state index contributed by atoms with van der Waals surface area (Å²) in [5.41, 5.74) is 12.4. The molecule has 0 aliphatic carbocycles. The van der Waals surface area contributed by atoms with Crippen molar-refractivity contribution in [2.75, 3.05) is 0 Å². The summed E-state index contributed by atoms with van der Waals surface area (Å²) < 4.78 is 13.8. The fourth-order valence-corrected chi connectivity index (χ4v) is 9.89. The third-order valence-corrected chi connectivity index (χ3v) is 12.4. The van der Waals surface area contributed by atoms with E-state index in [1.165, 1.54) is 75.3 Å². The molecule has 0 radical (unpaired) electrons. The Bertz CT molecular complexity index is 3430. The van der Waals surface area contributed by atoms with E-state index >= 15 is 0 Å². The maximum absolute atomic E-state index is 6.51. The highest BCUT2D eigenvalue weighted by Gasteiger charge is 2.20. The highest BCUT2D eigenvalue weighted by molar-refractivity contribution is 7.26. The van der Waals surface area contributed by atoms with Crippen LogP contribution in [0.4, 0.5) is 0 Å². The third-order valence-electron chi connectivity index (χ3n) is 11.1. The molecule has 0 N–H and O–H groups in total. The van der Waals surface area contributed by atoms with E-state index in [-0.39, 0.29) is 0 Å². The lowest BCUT2D eigenvalue weighted by atomic mass is 9.98. The van der Waals surface area contributed by atoms with Gasteiger partial charge in [-0.15, -0.1) is 11.3 Å². The number of furan rings is 1. The van der Waals surface area contributed by atoms with Gasteiger partial charge in [-0.25, -0.2) is 0 Å². The Hall–Kier alpha value is -6.88. The van der Waals surface area contributed by atoms with Gasteiger partial charge in [-0.3, -0.25) is 4.57 Å². The predicted molar refractivity (Wildman–Crippen MR) is 229 cm³/mol. The molecule has 0 atom stereocenters. The summed E-state index contributed by atoms with van der Waals surface area (Å²) in [5.74, 6) is 0. The van der Waals surface area contributed by atoms with Crippen molar-refractivity contribution >= 4 is 86.3 Å². The second-order valence-electron chi connectivity index (χ2n) is 14.1. The van der Waals surface area contributed by atoms with Crippen LogP contribution in [0.5, 0.6) is 0 Å². The average molecular weight is 707 g/mol. The number of benzene rings is 8. The Balaban J connectivity index is 0.972. The number of aromatic nitrogens is 2. The zero-order valence-electron chi connectivity index (χ0n) is 29.0. The number of para-hydroxylation sites is 3. The minimum Gasteiger partial charge on any atom is -0.439 e. The fourth-order valence-electron chi connectivity index (χ4n) is 8.68. The number of hydrogen-bond acceptors (Lipinski definition) is 2. The Kier molecular flexibility index (Phi) is 6.21. The summed E-state index contributed by atoms with van der Waals surface area (Å²) in [6, 6.07) is 65.9. The SMILES string of the molecule is c1ccc(-n2c3ccc(-c4ccc(-c5ccc6c(c5)c5ccccc5n6-c5cccc6c5sc5ccccc56)cc4)cc3c3c4ccccc4oc32)cc1. The molecule has 0 saturated heterocycles. The zero-order valence-corrected chi connectivity index (χ0v) is 29.8. The molecule has 0 saturated carbocycles. The Morgan fingerprint density at radius 3 is 1.78 bits per heavy atom. The van der Waals surface area contributed by atoms with Crippen molar-refractivity contribution in [1.29, 1.82) is 0 Å². The Morgan fingerprint density at radius 2 is 0.981 bits per heavy atom. The van der Waals surface area contributed by atoms with E-state index in [1.807, 2.05) is 17.4 Å². The standard InChI is InChI=1S/C50H30N2OS/c1-2-11-35(12-3-1)51-44-28-26-34(30-41(44)48-39-15-5-8-19-46(39)53-50(48)51)32-23-21-31(22-24-32)33-25-27-43-40(29-33)36-13-4-7-17-42(36)52(43)45-18-10-16-38-37-14-6-9-20-47(37)54-49(38)45/h1-30H. The van der Waals surface area contributed by atoms with E-state index in [0.29, 0.717) is 0 Å². The number of hydrogen-bond donors (Lipinski definition) is 0. The van der Waals surface area contributed by atoms with Gasteiger partial charge in [0.1, 0.15) is 5.58 Å². The molecule has 0 aliphatic rings. The van der Waals surface area contributed by atoms with Crippen LogP contribution in [-0.4, -0.2) is 9.13 Å². The highest BCUT2D eigenvalue weighted by Crippen LogP contribution is 2.43. The number of rotatable bonds is 4. The average Bonchev–Trinajstić information content (AvgIpc) is 3.98. The molecule has 3 nitrogen and oxygen atoms in total. The normalized spacial score (nSPS) is 12.1. The van der Waals surface area contributed by atoms with Crippen molar-refractivity contribution in [3.05, 3.63) is 182 Å². The largest absolute Gasteiger partial charge is 0.439 e. The third kappa shape index (κ3) is 4.23. The molecule has 0 unspecified atom stereocenters. The van der Waals surface area contributed by atoms with Crippen LogP contribution in [0.1, 0.15) is 0 Å². The first-order valence-corrected chi connectivity index (χ1v) is 19.2. The lowest BCUT2D eigenvalue weighted by Gasteiger charge is -2.10. The molecule has 252 valence electrons. The highest BCUT2D eigenvalue weighted by atomic mass is 32.1. The minimum atomic E-state index is 0.877. The predicted octanol–water partition coefficient (Wildman–Crippen LogP) is 14.3. The maximum atomic E-state index is 6.51. The summed E-state index contributed by atoms with van der Waals surface area (Å²) in [4.78, 5) is 0. The number of thiophene rings is 1. The quantitative estimate of drug-likeness (QED) is 0.179. The van der Waals surface area contributed by atoms with Crippen LogP contribution >= 0.6 is 11.3 Å². The molecular weight excluding hydrogens is 677 g/mol. The van der Waals surface area contributed by atoms with Gasteiger partial charge in [-0.2, -0.15) is 0 Å². The van der Waals surface area contributed by atoms with Gasteiger partial charge in [0, 0.05) is 42.7 Å². The van der Waals surface area contributed by atoms with E-state index in [2.05, 4.69) is 185 Å². The van der Waals surface area contributed by atoms with Crippen molar-refractivity contribution in [1.82, 2.24) is 9.13 Å². The molecule has 0 fully saturated rings. The first-order chi connectivity index (χ1) is 26.8. The molecule has 12 rings (SSSR count). The molecule has 12 aromatic rings. The van der Waals surface area contributed by atoms with Gasteiger partial charge in [0.05, 0.1) is 32.3 Å². The van der Waals surface area contributed by atoms with Crippen molar-refractivity contribution in [3.8, 4) is 33.6 Å². The van der Waals surface area contributed by atoms with Crippen LogP contribution in [0.15, 0.2) is 186 Å². The summed E-state index contributed by atoms with van der Waals surface area (Å²) >= 11 is 1.88. The summed E-state index contributed by atoms with van der Waals surface area (Å²) in [6.07, 6.45) is 0. The molecular formula is C50H30N2OS. The Labute approximate surface area is 314 Å². The van der Waals surface area contributed by atoms with Crippen LogP contribution < -0.4 is 0 Å². The number of nitrogens with zero attached hydrogens (tertiary/aromatic N) is 2. The molecule has 0 amide bonds. The van der Waals surface area contributed by atoms with Crippen LogP contribution in [0.25, 0.3) is 109 Å². The van der Waals surface area contributed by atoms with Crippen molar-refractivity contribution in [2.24, 2.45) is 0 Å². The van der Waals surface area contributed by atoms with Gasteiger partial charge in [0.15, 0.2) is 0 Å². The lowest BCUT2D eigenvalue weighted by Crippen LogP contribution is -1.93. The van der Waals surface area contributed by atoms with E-state index in [1.54, 1.807) is 0 Å². The Morgan fingerprint density at radius 1 is 0.389 bits per heavy atom. The fraction of sp³-hybridized carbons (Fsp3) is 0. The first kappa shape index (κ1) is 29.7. The molecule has 0 spiro atoms. The topological polar surface area (TPSA) is 23.0 Å². The number of fused-ring (bicyclic) bond motifs is 11. The zero-order chi connectivity index (χ0) is 35.3. The van der Waals surface area contributed by atoms with Crippen LogP contribution in [0.3, 0.4) is 0 Å². The van der Waals surface area contributed by atoms with Gasteiger partial charge >= 0.3 is 0 Å². The maximum Gasteiger partial charge on any atom is 0.213 e. The molecule has 8 aromatic carbocycles. The molecule has 0 bridgehead atoms. The second kappa shape index (κ2) is 11.3. The van der Waals surface area contributed by atoms with Crippen LogP contribution in [0.2, 0.25) is 0 Å². The first-order valence-electron chi connectivity index (χ1n) is 18.3. The monoisotopic (exact) mass is 706 g/mol. The lowest BCUT2D eigenvalue weighted by molar-refractivity contribution is 0.645. The molecule has 4 heteroatoms. The van der Waals surface area contributed by atoms with Crippen molar-refractivity contribution < 1.29 is 4.42 Å². The summed E-state index contributed by atoms with van der Waals surface area (Å²) in [5, 5.41) is 8.63. The molecule has 4 heterocycles. The summed E-state index contributed by atoms with van der Waals surface area (Å²) in [6.45, 7) is 0. The minimum absolute atomic E-state index is 0.877. The van der Waals surface area contributed by atoms with Gasteiger partial charge in [0.2, 0.25) is 5.71 Å². The van der Waals surface area contributed by atoms with Crippen LogP contribution in [-0.2, 0) is 0 Å². The molecule has 0 aliphatic heterocycles. The van der Waals surface area contributed by atoms with E-state index in [9.17, 15) is 0 Å². The van der Waals surface area contributed by atoms with Gasteiger partial charge < -0.3 is 8.98 Å². The van der Waals surface area contributed by atoms with Gasteiger partial charge in [-0.05, 0) is 82.9 Å². The summed E-state index contributed by atoms with van der Waals surface area (Å²) in [7, 11) is 0. The molecule has 54 heavy (non-hydrogen) atoms. The van der Waals surface area contributed by atoms with Crippen molar-refractivity contribution in [2.45, 2.75) is 0 Å². The van der Waals surface area contributed by atoms with E-state index in [0.717, 1.165) is 33.3 Å². The van der Waals surface area contributed by atoms with Gasteiger partial charge in [-0.1, -0.05) is 121 Å². The van der Waals surface area contributed by atoms with E-state index in [4.69, 9.17) is 4.42 Å². The second-order valence-corrected chi connectivity index (χ2v) is 15.1. The van der Waals surface area contributed by atoms with Crippen molar-refractivity contribution in [3.63, 3.8) is 0 Å². The van der Waals surface area contributed by atoms with E-state index < -0.39 is 0 Å². The smallest absolute Gasteiger partial charge is 0.213 e.